The van der Waals surface area contributed by atoms with Gasteiger partial charge in [-0.2, -0.15) is 5.10 Å². The zero-order chi connectivity index (χ0) is 15.1. The molecule has 0 fully saturated rings. The van der Waals surface area contributed by atoms with Crippen molar-refractivity contribution in [3.05, 3.63) is 40.6 Å². The highest BCUT2D eigenvalue weighted by atomic mass is 32.2. The van der Waals surface area contributed by atoms with E-state index in [1.165, 1.54) is 4.68 Å². The van der Waals surface area contributed by atoms with E-state index in [4.69, 9.17) is 0 Å². The minimum atomic E-state index is -3.62. The van der Waals surface area contributed by atoms with Gasteiger partial charge >= 0.3 is 0 Å². The first-order chi connectivity index (χ1) is 9.24. The van der Waals surface area contributed by atoms with Gasteiger partial charge in [-0.15, -0.1) is 0 Å². The Hall–Kier alpha value is -1.82. The molecule has 1 heterocycles. The van der Waals surface area contributed by atoms with Gasteiger partial charge in [-0.25, -0.2) is 8.42 Å². The van der Waals surface area contributed by atoms with Crippen LogP contribution in [0.25, 0.3) is 0 Å². The van der Waals surface area contributed by atoms with Gasteiger partial charge in [0.2, 0.25) is 0 Å². The fourth-order valence-electron chi connectivity index (χ4n) is 2.25. The molecule has 0 aliphatic carbocycles. The summed E-state index contributed by atoms with van der Waals surface area (Å²) in [6.45, 7) is 7.51. The van der Waals surface area contributed by atoms with Crippen LogP contribution in [0, 0.1) is 27.7 Å². The summed E-state index contributed by atoms with van der Waals surface area (Å²) in [6, 6.07) is 3.64. The number of nitrogens with one attached hydrogen (secondary N) is 1. The van der Waals surface area contributed by atoms with E-state index in [-0.39, 0.29) is 0 Å². The Kier molecular flexibility index (Phi) is 3.60. The van der Waals surface area contributed by atoms with Gasteiger partial charge in [0.15, 0.2) is 0 Å². The molecule has 0 aliphatic heterocycles. The van der Waals surface area contributed by atoms with E-state index in [0.717, 1.165) is 22.3 Å². The van der Waals surface area contributed by atoms with Gasteiger partial charge in [0.05, 0.1) is 11.1 Å². The Morgan fingerprint density at radius 2 is 1.65 bits per heavy atom. The molecule has 0 aliphatic rings. The van der Waals surface area contributed by atoms with Crippen LogP contribution in [0.5, 0.6) is 0 Å². The van der Waals surface area contributed by atoms with Crippen LogP contribution in [0.4, 0.5) is 5.82 Å². The summed E-state index contributed by atoms with van der Waals surface area (Å²) in [7, 11) is -1.93. The third kappa shape index (κ3) is 2.43. The third-order valence-electron chi connectivity index (χ3n) is 3.63. The molecular formula is C14H19N3O2S. The Morgan fingerprint density at radius 1 is 1.10 bits per heavy atom. The molecule has 0 amide bonds. The molecule has 20 heavy (non-hydrogen) atoms. The van der Waals surface area contributed by atoms with E-state index in [2.05, 4.69) is 9.82 Å². The van der Waals surface area contributed by atoms with E-state index >= 15 is 0 Å². The predicted molar refractivity (Wildman–Crippen MR) is 79.4 cm³/mol. The maximum absolute atomic E-state index is 12.6. The lowest BCUT2D eigenvalue weighted by Gasteiger charge is -2.16. The van der Waals surface area contributed by atoms with E-state index < -0.39 is 10.0 Å². The van der Waals surface area contributed by atoms with E-state index in [1.54, 1.807) is 19.3 Å². The number of aromatic nitrogens is 2. The predicted octanol–water partition coefficient (Wildman–Crippen LogP) is 2.45. The molecule has 2 rings (SSSR count). The lowest BCUT2D eigenvalue weighted by molar-refractivity contribution is 0.598. The van der Waals surface area contributed by atoms with Crippen molar-refractivity contribution in [2.24, 2.45) is 7.05 Å². The number of aryl methyl sites for hydroxylation is 3. The number of sulfonamides is 1. The first kappa shape index (κ1) is 14.6. The first-order valence-corrected chi connectivity index (χ1v) is 7.80. The largest absolute Gasteiger partial charge is 0.264 e. The molecule has 0 spiro atoms. The molecule has 2 aromatic rings. The van der Waals surface area contributed by atoms with Gasteiger partial charge in [-0.05, 0) is 49.9 Å². The summed E-state index contributed by atoms with van der Waals surface area (Å²) < 4.78 is 29.4. The zero-order valence-corrected chi connectivity index (χ0v) is 13.2. The van der Waals surface area contributed by atoms with Gasteiger partial charge < -0.3 is 0 Å². The molecule has 0 saturated carbocycles. The number of anilines is 1. The number of rotatable bonds is 3. The summed E-state index contributed by atoms with van der Waals surface area (Å²) in [5.41, 5.74) is 3.50. The molecule has 0 atom stereocenters. The van der Waals surface area contributed by atoms with Gasteiger partial charge in [-0.1, -0.05) is 6.07 Å². The average Bonchev–Trinajstić information content (AvgIpc) is 2.72. The van der Waals surface area contributed by atoms with Crippen LogP contribution < -0.4 is 4.72 Å². The van der Waals surface area contributed by atoms with Crippen molar-refractivity contribution in [2.45, 2.75) is 32.6 Å². The van der Waals surface area contributed by atoms with Crippen LogP contribution in [0.3, 0.4) is 0 Å². The Morgan fingerprint density at radius 3 is 2.10 bits per heavy atom. The molecule has 5 nitrogen and oxygen atoms in total. The topological polar surface area (TPSA) is 64.0 Å². The summed E-state index contributed by atoms with van der Waals surface area (Å²) >= 11 is 0. The molecule has 0 unspecified atom stereocenters. The van der Waals surface area contributed by atoms with Crippen molar-refractivity contribution < 1.29 is 8.42 Å². The second kappa shape index (κ2) is 4.94. The zero-order valence-electron chi connectivity index (χ0n) is 12.4. The molecule has 6 heteroatoms. The first-order valence-electron chi connectivity index (χ1n) is 6.32. The summed E-state index contributed by atoms with van der Waals surface area (Å²) in [5, 5.41) is 3.96. The molecular weight excluding hydrogens is 274 g/mol. The lowest BCUT2D eigenvalue weighted by Crippen LogP contribution is -2.18. The van der Waals surface area contributed by atoms with Crippen LogP contribution in [0.1, 0.15) is 22.3 Å². The van der Waals surface area contributed by atoms with Crippen molar-refractivity contribution in [1.82, 2.24) is 9.78 Å². The Bertz CT molecular complexity index is 735. The van der Waals surface area contributed by atoms with Crippen molar-refractivity contribution in [2.75, 3.05) is 4.72 Å². The average molecular weight is 293 g/mol. The highest BCUT2D eigenvalue weighted by molar-refractivity contribution is 7.92. The molecule has 0 saturated heterocycles. The minimum Gasteiger partial charge on any atom is -0.264 e. The van der Waals surface area contributed by atoms with Gasteiger partial charge in [0.1, 0.15) is 5.82 Å². The van der Waals surface area contributed by atoms with Crippen molar-refractivity contribution in [3.8, 4) is 0 Å². The van der Waals surface area contributed by atoms with Crippen LogP contribution in [-0.4, -0.2) is 18.2 Å². The van der Waals surface area contributed by atoms with Crippen LogP contribution in [-0.2, 0) is 17.1 Å². The summed E-state index contributed by atoms with van der Waals surface area (Å²) in [6.07, 6.45) is 1.55. The number of nitrogens with zero attached hydrogens (tertiary/aromatic N) is 2. The standard InChI is InChI=1S/C14H19N3O2S/c1-9-8-10(2)12(4)14(11(9)3)20(18,19)16-13-6-7-15-17(13)5/h6-8,16H,1-5H3. The van der Waals surface area contributed by atoms with E-state index in [1.807, 2.05) is 33.8 Å². The Balaban J connectivity index is 2.58. The van der Waals surface area contributed by atoms with Crippen LogP contribution in [0.2, 0.25) is 0 Å². The number of hydrogen-bond donors (Lipinski definition) is 1. The SMILES string of the molecule is Cc1cc(C)c(C)c(S(=O)(=O)Nc2ccnn2C)c1C. The maximum atomic E-state index is 12.6. The molecule has 1 aromatic carbocycles. The smallest absolute Gasteiger partial charge is 0.263 e. The summed E-state index contributed by atoms with van der Waals surface area (Å²) in [5.74, 6) is 0.447. The van der Waals surface area contributed by atoms with Crippen molar-refractivity contribution in [3.63, 3.8) is 0 Å². The molecule has 1 N–H and O–H groups in total. The molecule has 108 valence electrons. The van der Waals surface area contributed by atoms with Crippen LogP contribution in [0.15, 0.2) is 23.2 Å². The maximum Gasteiger partial charge on any atom is 0.263 e. The van der Waals surface area contributed by atoms with Gasteiger partial charge in [-0.3, -0.25) is 9.40 Å². The van der Waals surface area contributed by atoms with Gasteiger partial charge in [0, 0.05) is 13.1 Å². The lowest BCUT2D eigenvalue weighted by atomic mass is 10.0. The second-order valence-electron chi connectivity index (χ2n) is 5.04. The highest BCUT2D eigenvalue weighted by Crippen LogP contribution is 2.27. The monoisotopic (exact) mass is 293 g/mol. The third-order valence-corrected chi connectivity index (χ3v) is 5.25. The normalized spacial score (nSPS) is 11.7. The fourth-order valence-corrected chi connectivity index (χ4v) is 3.95. The quantitative estimate of drug-likeness (QED) is 0.945. The second-order valence-corrected chi connectivity index (χ2v) is 6.65. The molecule has 0 bridgehead atoms. The Labute approximate surface area is 119 Å². The van der Waals surface area contributed by atoms with Crippen molar-refractivity contribution >= 4 is 15.8 Å². The van der Waals surface area contributed by atoms with E-state index in [0.29, 0.717) is 10.7 Å². The van der Waals surface area contributed by atoms with Crippen molar-refractivity contribution in [1.29, 1.82) is 0 Å². The molecule has 1 aromatic heterocycles. The molecule has 0 radical (unpaired) electrons. The fraction of sp³-hybridized carbons (Fsp3) is 0.357. The minimum absolute atomic E-state index is 0.358. The number of benzene rings is 1. The summed E-state index contributed by atoms with van der Waals surface area (Å²) in [4.78, 5) is 0.358. The number of hydrogen-bond acceptors (Lipinski definition) is 3. The van der Waals surface area contributed by atoms with Crippen LogP contribution >= 0.6 is 0 Å². The highest BCUT2D eigenvalue weighted by Gasteiger charge is 2.22. The van der Waals surface area contributed by atoms with Gasteiger partial charge in [0.25, 0.3) is 10.0 Å². The van der Waals surface area contributed by atoms with E-state index in [9.17, 15) is 8.42 Å².